The Balaban J connectivity index is 1.39. The first-order chi connectivity index (χ1) is 13.1. The minimum Gasteiger partial charge on any atom is -0.454 e. The maximum atomic E-state index is 12.3. The Hall–Kier alpha value is -3.35. The van der Waals surface area contributed by atoms with Crippen molar-refractivity contribution in [1.29, 1.82) is 0 Å². The lowest BCUT2D eigenvalue weighted by molar-refractivity contribution is -0.121. The monoisotopic (exact) mass is 365 g/mol. The SMILES string of the molecule is CC(NC(=O)CCc1nc2ccccc2c(=O)[nH]1)c1ccc2c(c1)OCO2. The van der Waals surface area contributed by atoms with Crippen molar-refractivity contribution in [2.24, 2.45) is 0 Å². The molecule has 2 heterocycles. The predicted molar refractivity (Wildman–Crippen MR) is 99.8 cm³/mol. The summed E-state index contributed by atoms with van der Waals surface area (Å²) < 4.78 is 10.7. The molecule has 1 aliphatic heterocycles. The predicted octanol–water partition coefficient (Wildman–Crippen LogP) is 2.46. The maximum Gasteiger partial charge on any atom is 0.258 e. The summed E-state index contributed by atoms with van der Waals surface area (Å²) in [5, 5.41) is 3.50. The first kappa shape index (κ1) is 17.1. The number of fused-ring (bicyclic) bond motifs is 2. The summed E-state index contributed by atoms with van der Waals surface area (Å²) in [4.78, 5) is 31.5. The molecule has 0 spiro atoms. The van der Waals surface area contributed by atoms with Crippen LogP contribution in [0.15, 0.2) is 47.3 Å². The van der Waals surface area contributed by atoms with Gasteiger partial charge in [-0.1, -0.05) is 18.2 Å². The number of carbonyl (C=O) groups excluding carboxylic acids is 1. The Morgan fingerprint density at radius 3 is 2.93 bits per heavy atom. The standard InChI is InChI=1S/C20H19N3O4/c1-12(13-6-7-16-17(10-13)27-11-26-16)21-19(24)9-8-18-22-15-5-3-2-4-14(15)20(25)23-18/h2-7,10,12H,8-9,11H2,1H3,(H,21,24)(H,22,23,25). The molecule has 1 aliphatic rings. The Morgan fingerprint density at radius 2 is 2.04 bits per heavy atom. The first-order valence-electron chi connectivity index (χ1n) is 8.77. The van der Waals surface area contributed by atoms with Crippen LogP contribution in [0.5, 0.6) is 11.5 Å². The molecular formula is C20H19N3O4. The lowest BCUT2D eigenvalue weighted by Gasteiger charge is -2.14. The summed E-state index contributed by atoms with van der Waals surface area (Å²) in [7, 11) is 0. The second kappa shape index (κ2) is 7.11. The maximum absolute atomic E-state index is 12.3. The summed E-state index contributed by atoms with van der Waals surface area (Å²) in [6.45, 7) is 2.13. The summed E-state index contributed by atoms with van der Waals surface area (Å²) in [5.41, 5.74) is 1.37. The van der Waals surface area contributed by atoms with E-state index in [9.17, 15) is 9.59 Å². The molecule has 0 aliphatic carbocycles. The average Bonchev–Trinajstić information content (AvgIpc) is 3.14. The number of para-hydroxylation sites is 1. The molecule has 1 atom stereocenters. The third kappa shape index (κ3) is 3.62. The fourth-order valence-electron chi connectivity index (χ4n) is 3.06. The number of aromatic nitrogens is 2. The topological polar surface area (TPSA) is 93.3 Å². The molecule has 27 heavy (non-hydrogen) atoms. The molecule has 3 aromatic rings. The molecule has 1 unspecified atom stereocenters. The van der Waals surface area contributed by atoms with Crippen molar-refractivity contribution in [2.75, 3.05) is 6.79 Å². The van der Waals surface area contributed by atoms with Crippen molar-refractivity contribution in [3.05, 3.63) is 64.2 Å². The molecule has 4 rings (SSSR count). The second-order valence-electron chi connectivity index (χ2n) is 6.43. The number of hydrogen-bond donors (Lipinski definition) is 2. The van der Waals surface area contributed by atoms with Crippen LogP contribution < -0.4 is 20.3 Å². The molecule has 0 radical (unpaired) electrons. The second-order valence-corrected chi connectivity index (χ2v) is 6.43. The van der Waals surface area contributed by atoms with Gasteiger partial charge in [0, 0.05) is 12.8 Å². The minimum absolute atomic E-state index is 0.115. The van der Waals surface area contributed by atoms with Crippen LogP contribution in [0.1, 0.15) is 30.8 Å². The highest BCUT2D eigenvalue weighted by Gasteiger charge is 2.17. The zero-order chi connectivity index (χ0) is 18.8. The van der Waals surface area contributed by atoms with Gasteiger partial charge in [0.1, 0.15) is 5.82 Å². The van der Waals surface area contributed by atoms with Crippen molar-refractivity contribution >= 4 is 16.8 Å². The van der Waals surface area contributed by atoms with Gasteiger partial charge in [-0.3, -0.25) is 9.59 Å². The van der Waals surface area contributed by atoms with Gasteiger partial charge in [0.05, 0.1) is 16.9 Å². The molecule has 2 aromatic carbocycles. The summed E-state index contributed by atoms with van der Waals surface area (Å²) >= 11 is 0. The Bertz CT molecular complexity index is 1060. The molecule has 7 heteroatoms. The fraction of sp³-hybridized carbons (Fsp3) is 0.250. The van der Waals surface area contributed by atoms with Crippen molar-refractivity contribution in [1.82, 2.24) is 15.3 Å². The van der Waals surface area contributed by atoms with Gasteiger partial charge in [-0.15, -0.1) is 0 Å². The highest BCUT2D eigenvalue weighted by atomic mass is 16.7. The number of aryl methyl sites for hydroxylation is 1. The molecule has 0 saturated carbocycles. The van der Waals surface area contributed by atoms with E-state index in [2.05, 4.69) is 15.3 Å². The summed E-state index contributed by atoms with van der Waals surface area (Å²) in [5.74, 6) is 1.79. The zero-order valence-corrected chi connectivity index (χ0v) is 14.8. The number of carbonyl (C=O) groups is 1. The van der Waals surface area contributed by atoms with E-state index in [0.29, 0.717) is 34.6 Å². The van der Waals surface area contributed by atoms with Crippen molar-refractivity contribution in [3.8, 4) is 11.5 Å². The van der Waals surface area contributed by atoms with Crippen molar-refractivity contribution < 1.29 is 14.3 Å². The van der Waals surface area contributed by atoms with Crippen LogP contribution in [0, 0.1) is 0 Å². The van der Waals surface area contributed by atoms with Gasteiger partial charge in [-0.2, -0.15) is 0 Å². The Morgan fingerprint density at radius 1 is 1.22 bits per heavy atom. The molecule has 1 aromatic heterocycles. The van der Waals surface area contributed by atoms with Crippen LogP contribution in [-0.4, -0.2) is 22.7 Å². The van der Waals surface area contributed by atoms with Crippen LogP contribution in [0.4, 0.5) is 0 Å². The number of amides is 1. The number of ether oxygens (including phenoxy) is 2. The average molecular weight is 365 g/mol. The minimum atomic E-state index is -0.190. The number of H-pyrrole nitrogens is 1. The summed E-state index contributed by atoms with van der Waals surface area (Å²) in [6.07, 6.45) is 0.593. The number of rotatable bonds is 5. The lowest BCUT2D eigenvalue weighted by Crippen LogP contribution is -2.27. The van der Waals surface area contributed by atoms with Crippen LogP contribution in [-0.2, 0) is 11.2 Å². The van der Waals surface area contributed by atoms with E-state index in [1.807, 2.05) is 31.2 Å². The normalized spacial score (nSPS) is 13.5. The first-order valence-corrected chi connectivity index (χ1v) is 8.77. The van der Waals surface area contributed by atoms with Gasteiger partial charge < -0.3 is 19.8 Å². The number of benzene rings is 2. The van der Waals surface area contributed by atoms with E-state index in [1.54, 1.807) is 18.2 Å². The van der Waals surface area contributed by atoms with E-state index < -0.39 is 0 Å². The largest absolute Gasteiger partial charge is 0.454 e. The highest BCUT2D eigenvalue weighted by molar-refractivity contribution is 5.78. The summed E-state index contributed by atoms with van der Waals surface area (Å²) in [6, 6.07) is 12.6. The van der Waals surface area contributed by atoms with Gasteiger partial charge in [0.2, 0.25) is 12.7 Å². The Labute approximate surface area is 155 Å². The Kier molecular flexibility index (Phi) is 4.50. The van der Waals surface area contributed by atoms with Crippen molar-refractivity contribution in [2.45, 2.75) is 25.8 Å². The fourth-order valence-corrected chi connectivity index (χ4v) is 3.06. The van der Waals surface area contributed by atoms with E-state index >= 15 is 0 Å². The molecule has 1 amide bonds. The van der Waals surface area contributed by atoms with Crippen LogP contribution in [0.2, 0.25) is 0 Å². The molecular weight excluding hydrogens is 346 g/mol. The van der Waals surface area contributed by atoms with Crippen LogP contribution in [0.25, 0.3) is 10.9 Å². The highest BCUT2D eigenvalue weighted by Crippen LogP contribution is 2.34. The quantitative estimate of drug-likeness (QED) is 0.724. The van der Waals surface area contributed by atoms with Gasteiger partial charge in [0.15, 0.2) is 11.5 Å². The lowest BCUT2D eigenvalue weighted by atomic mass is 10.1. The van der Waals surface area contributed by atoms with Gasteiger partial charge in [-0.25, -0.2) is 4.98 Å². The molecule has 0 fully saturated rings. The van der Waals surface area contributed by atoms with Gasteiger partial charge >= 0.3 is 0 Å². The van der Waals surface area contributed by atoms with Crippen molar-refractivity contribution in [3.63, 3.8) is 0 Å². The number of hydrogen-bond acceptors (Lipinski definition) is 5. The third-order valence-electron chi connectivity index (χ3n) is 4.52. The van der Waals surface area contributed by atoms with E-state index in [1.165, 1.54) is 0 Å². The third-order valence-corrected chi connectivity index (χ3v) is 4.52. The van der Waals surface area contributed by atoms with Crippen LogP contribution in [0.3, 0.4) is 0 Å². The molecule has 0 saturated heterocycles. The van der Waals surface area contributed by atoms with E-state index in [-0.39, 0.29) is 30.7 Å². The number of nitrogens with one attached hydrogen (secondary N) is 2. The molecule has 2 N–H and O–H groups in total. The van der Waals surface area contributed by atoms with Gasteiger partial charge in [0.25, 0.3) is 5.56 Å². The number of aromatic amines is 1. The molecule has 0 bridgehead atoms. The number of nitrogens with zero attached hydrogens (tertiary/aromatic N) is 1. The van der Waals surface area contributed by atoms with E-state index in [0.717, 1.165) is 5.56 Å². The van der Waals surface area contributed by atoms with Crippen LogP contribution >= 0.6 is 0 Å². The van der Waals surface area contributed by atoms with Gasteiger partial charge in [-0.05, 0) is 36.8 Å². The molecule has 7 nitrogen and oxygen atoms in total. The molecule has 138 valence electrons. The smallest absolute Gasteiger partial charge is 0.258 e. The zero-order valence-electron chi connectivity index (χ0n) is 14.8. The van der Waals surface area contributed by atoms with E-state index in [4.69, 9.17) is 9.47 Å².